The molecule has 3 aromatic rings. The number of halogens is 5. The molecule has 164 valence electrons. The second-order valence-electron chi connectivity index (χ2n) is 5.97. The lowest BCUT2D eigenvalue weighted by Gasteiger charge is -2.09. The molecule has 0 bridgehead atoms. The van der Waals surface area contributed by atoms with Crippen LogP contribution in [-0.4, -0.2) is 35.9 Å². The molecule has 0 spiro atoms. The quantitative estimate of drug-likeness (QED) is 0.546. The third kappa shape index (κ3) is 4.94. The SMILES string of the molecule is Cc1c(C(=O)NS(=O)(=O)c2cc(F)cc(F)c2)nnn1-c1ccc(OC(F)F)cc1Cl. The molecular formula is C17H11ClF4N4O4S. The van der Waals surface area contributed by atoms with Crippen LogP contribution in [0.4, 0.5) is 17.6 Å². The van der Waals surface area contributed by atoms with Gasteiger partial charge >= 0.3 is 6.61 Å². The topological polar surface area (TPSA) is 103 Å². The Morgan fingerprint density at radius 1 is 1.16 bits per heavy atom. The number of hydrogen-bond donors (Lipinski definition) is 1. The van der Waals surface area contributed by atoms with E-state index in [0.29, 0.717) is 18.2 Å². The Kier molecular flexibility index (Phi) is 6.18. The number of rotatable bonds is 6. The number of carbonyl (C=O) groups is 1. The summed E-state index contributed by atoms with van der Waals surface area (Å²) in [5.41, 5.74) is -0.241. The number of alkyl halides is 2. The van der Waals surface area contributed by atoms with E-state index < -0.39 is 44.8 Å². The highest BCUT2D eigenvalue weighted by atomic mass is 35.5. The molecule has 31 heavy (non-hydrogen) atoms. The van der Waals surface area contributed by atoms with Crippen LogP contribution in [0.2, 0.25) is 5.02 Å². The van der Waals surface area contributed by atoms with Gasteiger partial charge in [0.1, 0.15) is 17.4 Å². The molecule has 0 aliphatic rings. The summed E-state index contributed by atoms with van der Waals surface area (Å²) >= 11 is 6.04. The number of nitrogens with zero attached hydrogens (tertiary/aromatic N) is 3. The Hall–Kier alpha value is -3.19. The normalized spacial score (nSPS) is 11.6. The average molecular weight is 479 g/mol. The number of amides is 1. The Bertz CT molecular complexity index is 1250. The summed E-state index contributed by atoms with van der Waals surface area (Å²) in [5.74, 6) is -3.73. The van der Waals surface area contributed by atoms with Gasteiger partial charge in [-0.1, -0.05) is 16.8 Å². The van der Waals surface area contributed by atoms with Crippen LogP contribution >= 0.6 is 11.6 Å². The molecule has 14 heteroatoms. The maximum atomic E-state index is 13.3. The molecular weight excluding hydrogens is 468 g/mol. The first-order chi connectivity index (χ1) is 14.5. The van der Waals surface area contributed by atoms with Crippen LogP contribution in [0.15, 0.2) is 41.3 Å². The summed E-state index contributed by atoms with van der Waals surface area (Å²) < 4.78 is 82.7. The van der Waals surface area contributed by atoms with Gasteiger partial charge in [-0.2, -0.15) is 8.78 Å². The van der Waals surface area contributed by atoms with Gasteiger partial charge in [0.05, 0.1) is 21.3 Å². The van der Waals surface area contributed by atoms with E-state index in [2.05, 4.69) is 15.0 Å². The number of aromatic nitrogens is 3. The maximum absolute atomic E-state index is 13.3. The van der Waals surface area contributed by atoms with Crippen molar-refractivity contribution in [3.05, 3.63) is 64.4 Å². The van der Waals surface area contributed by atoms with E-state index in [-0.39, 0.29) is 22.2 Å². The number of sulfonamides is 1. The van der Waals surface area contributed by atoms with Crippen molar-refractivity contribution in [2.24, 2.45) is 0 Å². The van der Waals surface area contributed by atoms with E-state index in [1.165, 1.54) is 19.1 Å². The molecule has 8 nitrogen and oxygen atoms in total. The Morgan fingerprint density at radius 3 is 2.39 bits per heavy atom. The van der Waals surface area contributed by atoms with E-state index in [0.717, 1.165) is 10.7 Å². The summed E-state index contributed by atoms with van der Waals surface area (Å²) in [7, 11) is -4.62. The van der Waals surface area contributed by atoms with Crippen LogP contribution in [0.3, 0.4) is 0 Å². The van der Waals surface area contributed by atoms with Gasteiger partial charge in [-0.15, -0.1) is 5.10 Å². The summed E-state index contributed by atoms with van der Waals surface area (Å²) in [6.45, 7) is -1.69. The molecule has 0 saturated carbocycles. The molecule has 0 saturated heterocycles. The molecule has 1 N–H and O–H groups in total. The van der Waals surface area contributed by atoms with Crippen molar-refractivity contribution in [3.63, 3.8) is 0 Å². The van der Waals surface area contributed by atoms with Crippen molar-refractivity contribution in [3.8, 4) is 11.4 Å². The highest BCUT2D eigenvalue weighted by Gasteiger charge is 2.25. The van der Waals surface area contributed by atoms with Gasteiger partial charge in [0.2, 0.25) is 0 Å². The van der Waals surface area contributed by atoms with Crippen molar-refractivity contribution < 1.29 is 35.5 Å². The van der Waals surface area contributed by atoms with Crippen molar-refractivity contribution in [2.45, 2.75) is 18.4 Å². The molecule has 1 heterocycles. The van der Waals surface area contributed by atoms with Crippen LogP contribution in [0.5, 0.6) is 5.75 Å². The fraction of sp³-hybridized carbons (Fsp3) is 0.118. The fourth-order valence-electron chi connectivity index (χ4n) is 2.52. The van der Waals surface area contributed by atoms with Crippen molar-refractivity contribution in [2.75, 3.05) is 0 Å². The van der Waals surface area contributed by atoms with Crippen LogP contribution < -0.4 is 9.46 Å². The highest BCUT2D eigenvalue weighted by molar-refractivity contribution is 7.90. The largest absolute Gasteiger partial charge is 0.435 e. The fourth-order valence-corrected chi connectivity index (χ4v) is 3.76. The zero-order chi connectivity index (χ0) is 22.9. The van der Waals surface area contributed by atoms with E-state index in [1.54, 1.807) is 4.72 Å². The minimum atomic E-state index is -4.62. The van der Waals surface area contributed by atoms with Crippen LogP contribution in [-0.2, 0) is 10.0 Å². The van der Waals surface area contributed by atoms with Gasteiger partial charge in [-0.25, -0.2) is 26.6 Å². The van der Waals surface area contributed by atoms with Crippen molar-refractivity contribution in [1.82, 2.24) is 19.7 Å². The monoisotopic (exact) mass is 478 g/mol. The van der Waals surface area contributed by atoms with E-state index >= 15 is 0 Å². The highest BCUT2D eigenvalue weighted by Crippen LogP contribution is 2.27. The van der Waals surface area contributed by atoms with Gasteiger partial charge in [-0.05, 0) is 31.2 Å². The Labute approximate surface area is 177 Å². The lowest BCUT2D eigenvalue weighted by atomic mass is 10.2. The Morgan fingerprint density at radius 2 is 1.81 bits per heavy atom. The van der Waals surface area contributed by atoms with Crippen LogP contribution in [0.1, 0.15) is 16.2 Å². The Balaban J connectivity index is 1.88. The number of hydrogen-bond acceptors (Lipinski definition) is 6. The van der Waals surface area contributed by atoms with E-state index in [4.69, 9.17) is 11.6 Å². The molecule has 0 fully saturated rings. The van der Waals surface area contributed by atoms with Gasteiger partial charge in [0.15, 0.2) is 5.69 Å². The second kappa shape index (κ2) is 8.51. The van der Waals surface area contributed by atoms with Gasteiger partial charge in [0, 0.05) is 12.1 Å². The molecule has 3 rings (SSSR count). The minimum absolute atomic E-state index is 0.0440. The standard InChI is InChI=1S/C17H11ClF4N4O4S/c1-8-15(16(27)24-31(28,29)12-5-9(19)4-10(20)6-12)23-25-26(8)14-3-2-11(7-13(14)18)30-17(21)22/h2-7,17H,1H3,(H,24,27). The first kappa shape index (κ1) is 22.5. The van der Waals surface area contributed by atoms with Crippen molar-refractivity contribution in [1.29, 1.82) is 0 Å². The van der Waals surface area contributed by atoms with E-state index in [1.807, 2.05) is 0 Å². The predicted molar refractivity (Wildman–Crippen MR) is 98.7 cm³/mol. The minimum Gasteiger partial charge on any atom is -0.435 e. The first-order valence-corrected chi connectivity index (χ1v) is 10.0. The third-order valence-electron chi connectivity index (χ3n) is 3.86. The average Bonchev–Trinajstić information content (AvgIpc) is 3.01. The summed E-state index contributed by atoms with van der Waals surface area (Å²) in [6.07, 6.45) is 0. The molecule has 2 aromatic carbocycles. The molecule has 1 aromatic heterocycles. The van der Waals surface area contributed by atoms with Gasteiger partial charge in [-0.3, -0.25) is 4.79 Å². The molecule has 1 amide bonds. The first-order valence-electron chi connectivity index (χ1n) is 8.18. The van der Waals surface area contributed by atoms with Crippen LogP contribution in [0, 0.1) is 18.6 Å². The smallest absolute Gasteiger partial charge is 0.387 e. The number of ether oxygens (including phenoxy) is 1. The number of benzene rings is 2. The predicted octanol–water partition coefficient (Wildman–Crippen LogP) is 3.23. The molecule has 0 aliphatic heterocycles. The number of nitrogens with one attached hydrogen (secondary N) is 1. The molecule has 0 aliphatic carbocycles. The second-order valence-corrected chi connectivity index (χ2v) is 8.06. The van der Waals surface area contributed by atoms with Crippen molar-refractivity contribution >= 4 is 27.5 Å². The lowest BCUT2D eigenvalue weighted by molar-refractivity contribution is -0.0498. The summed E-state index contributed by atoms with van der Waals surface area (Å²) in [4.78, 5) is 11.6. The van der Waals surface area contributed by atoms with Gasteiger partial charge < -0.3 is 4.74 Å². The van der Waals surface area contributed by atoms with E-state index in [9.17, 15) is 30.8 Å². The van der Waals surface area contributed by atoms with Crippen LogP contribution in [0.25, 0.3) is 5.69 Å². The zero-order valence-corrected chi connectivity index (χ0v) is 16.9. The molecule has 0 atom stereocenters. The molecule has 0 unspecified atom stereocenters. The lowest BCUT2D eigenvalue weighted by Crippen LogP contribution is -2.31. The van der Waals surface area contributed by atoms with Gasteiger partial charge in [0.25, 0.3) is 15.9 Å². The summed E-state index contributed by atoms with van der Waals surface area (Å²) in [6, 6.07) is 5.08. The zero-order valence-electron chi connectivity index (χ0n) is 15.3. The molecule has 0 radical (unpaired) electrons. The number of carbonyl (C=O) groups excluding carboxylic acids is 1. The third-order valence-corrected chi connectivity index (χ3v) is 5.47. The summed E-state index contributed by atoms with van der Waals surface area (Å²) in [5, 5.41) is 7.23. The maximum Gasteiger partial charge on any atom is 0.387 e.